The van der Waals surface area contributed by atoms with Gasteiger partial charge in [0.2, 0.25) is 15.9 Å². The van der Waals surface area contributed by atoms with Crippen molar-refractivity contribution in [1.82, 2.24) is 0 Å². The zero-order valence-electron chi connectivity index (χ0n) is 13.8. The van der Waals surface area contributed by atoms with Gasteiger partial charge in [0.1, 0.15) is 12.3 Å². The third-order valence-corrected chi connectivity index (χ3v) is 4.47. The highest BCUT2D eigenvalue weighted by Crippen LogP contribution is 2.23. The fourth-order valence-electron chi connectivity index (χ4n) is 2.12. The number of amides is 1. The molecular weight excluding hydrogens is 342 g/mol. The van der Waals surface area contributed by atoms with Crippen LogP contribution in [0.15, 0.2) is 48.5 Å². The molecule has 0 atom stereocenters. The summed E-state index contributed by atoms with van der Waals surface area (Å²) in [5.41, 5.74) is 1.27. The number of carbonyl (C=O) groups excluding carboxylic acids is 1. The molecule has 0 bridgehead atoms. The molecule has 0 saturated carbocycles. The van der Waals surface area contributed by atoms with Gasteiger partial charge >= 0.3 is 0 Å². The van der Waals surface area contributed by atoms with E-state index in [4.69, 9.17) is 10.00 Å². The normalized spacial score (nSPS) is 10.6. The lowest BCUT2D eigenvalue weighted by Gasteiger charge is -2.22. The molecule has 8 heteroatoms. The molecule has 0 aliphatic rings. The minimum Gasteiger partial charge on any atom is -0.497 e. The van der Waals surface area contributed by atoms with E-state index in [2.05, 4.69) is 5.32 Å². The molecule has 0 unspecified atom stereocenters. The van der Waals surface area contributed by atoms with Crippen LogP contribution in [0.5, 0.6) is 5.75 Å². The Balaban J connectivity index is 2.19. The number of hydrogen-bond acceptors (Lipinski definition) is 5. The van der Waals surface area contributed by atoms with Crippen molar-refractivity contribution in [3.8, 4) is 11.8 Å². The van der Waals surface area contributed by atoms with Crippen molar-refractivity contribution in [3.63, 3.8) is 0 Å². The number of carbonyl (C=O) groups is 1. The molecule has 0 heterocycles. The second-order valence-electron chi connectivity index (χ2n) is 5.21. The maximum Gasteiger partial charge on any atom is 0.245 e. The van der Waals surface area contributed by atoms with Gasteiger partial charge in [-0.1, -0.05) is 6.07 Å². The first-order valence-corrected chi connectivity index (χ1v) is 9.10. The van der Waals surface area contributed by atoms with E-state index in [1.54, 1.807) is 42.5 Å². The Labute approximate surface area is 146 Å². The fraction of sp³-hybridized carbons (Fsp3) is 0.176. The first-order chi connectivity index (χ1) is 11.8. The van der Waals surface area contributed by atoms with Crippen LogP contribution in [0.4, 0.5) is 11.4 Å². The molecule has 0 aliphatic carbocycles. The molecule has 0 spiro atoms. The number of benzene rings is 2. The van der Waals surface area contributed by atoms with Crippen molar-refractivity contribution in [2.24, 2.45) is 0 Å². The van der Waals surface area contributed by atoms with E-state index in [0.717, 1.165) is 10.6 Å². The Bertz CT molecular complexity index is 902. The second-order valence-corrected chi connectivity index (χ2v) is 7.12. The van der Waals surface area contributed by atoms with Crippen LogP contribution in [0.3, 0.4) is 0 Å². The zero-order valence-corrected chi connectivity index (χ0v) is 14.6. The number of nitriles is 1. The number of methoxy groups -OCH3 is 1. The molecule has 0 radical (unpaired) electrons. The number of anilines is 2. The van der Waals surface area contributed by atoms with Crippen LogP contribution in [-0.2, 0) is 14.8 Å². The minimum atomic E-state index is -3.67. The van der Waals surface area contributed by atoms with Crippen LogP contribution in [0.1, 0.15) is 5.56 Å². The van der Waals surface area contributed by atoms with Crippen LogP contribution in [0.25, 0.3) is 0 Å². The Hall–Kier alpha value is -3.05. The molecule has 130 valence electrons. The third kappa shape index (κ3) is 4.96. The largest absolute Gasteiger partial charge is 0.497 e. The Morgan fingerprint density at radius 3 is 2.48 bits per heavy atom. The third-order valence-electron chi connectivity index (χ3n) is 3.33. The number of rotatable bonds is 6. The SMILES string of the molecule is COc1cccc(N(CC(=O)Nc2ccc(C#N)cc2)S(C)(=O)=O)c1. The molecule has 0 aromatic heterocycles. The highest BCUT2D eigenvalue weighted by atomic mass is 32.2. The summed E-state index contributed by atoms with van der Waals surface area (Å²) in [6, 6.07) is 14.7. The standard InChI is InChI=1S/C17H17N3O4S/c1-24-16-5-3-4-15(10-16)20(25(2,22)23)12-17(21)19-14-8-6-13(11-18)7-9-14/h3-10H,12H2,1-2H3,(H,19,21). The number of sulfonamides is 1. The lowest BCUT2D eigenvalue weighted by atomic mass is 10.2. The fourth-order valence-corrected chi connectivity index (χ4v) is 2.97. The van der Waals surface area contributed by atoms with Crippen LogP contribution < -0.4 is 14.4 Å². The molecule has 1 amide bonds. The summed E-state index contributed by atoms with van der Waals surface area (Å²) in [5.74, 6) is -0.0170. The number of hydrogen-bond donors (Lipinski definition) is 1. The van der Waals surface area contributed by atoms with Gasteiger partial charge in [-0.25, -0.2) is 8.42 Å². The highest BCUT2D eigenvalue weighted by Gasteiger charge is 2.21. The van der Waals surface area contributed by atoms with Crippen LogP contribution in [0, 0.1) is 11.3 Å². The highest BCUT2D eigenvalue weighted by molar-refractivity contribution is 7.92. The van der Waals surface area contributed by atoms with Gasteiger partial charge in [0.25, 0.3) is 0 Å². The number of nitrogens with one attached hydrogen (secondary N) is 1. The predicted octanol–water partition coefficient (Wildman–Crippen LogP) is 1.97. The molecule has 0 saturated heterocycles. The Morgan fingerprint density at radius 2 is 1.92 bits per heavy atom. The molecular formula is C17H17N3O4S. The molecule has 2 rings (SSSR count). The zero-order chi connectivity index (χ0) is 18.4. The molecule has 1 N–H and O–H groups in total. The van der Waals surface area contributed by atoms with Crippen molar-refractivity contribution in [2.45, 2.75) is 0 Å². The Kier molecular flexibility index (Phi) is 5.62. The first-order valence-electron chi connectivity index (χ1n) is 7.25. The molecule has 25 heavy (non-hydrogen) atoms. The van der Waals surface area contributed by atoms with Gasteiger partial charge in [-0.05, 0) is 36.4 Å². The summed E-state index contributed by atoms with van der Waals surface area (Å²) < 4.78 is 30.2. The average Bonchev–Trinajstić information content (AvgIpc) is 2.59. The van der Waals surface area contributed by atoms with Crippen molar-refractivity contribution >= 4 is 27.3 Å². The maximum atomic E-state index is 12.2. The van der Waals surface area contributed by atoms with Gasteiger partial charge in [-0.15, -0.1) is 0 Å². The molecule has 7 nitrogen and oxygen atoms in total. The van der Waals surface area contributed by atoms with Crippen LogP contribution >= 0.6 is 0 Å². The number of nitrogens with zero attached hydrogens (tertiary/aromatic N) is 2. The predicted molar refractivity (Wildman–Crippen MR) is 95.0 cm³/mol. The summed E-state index contributed by atoms with van der Waals surface area (Å²) in [6.45, 7) is -0.383. The van der Waals surface area contributed by atoms with E-state index in [1.807, 2.05) is 6.07 Å². The summed E-state index contributed by atoms with van der Waals surface area (Å²) >= 11 is 0. The van der Waals surface area contributed by atoms with Crippen molar-refractivity contribution in [1.29, 1.82) is 5.26 Å². The summed E-state index contributed by atoms with van der Waals surface area (Å²) in [5, 5.41) is 11.4. The topological polar surface area (TPSA) is 99.5 Å². The van der Waals surface area contributed by atoms with Gasteiger partial charge < -0.3 is 10.1 Å². The minimum absolute atomic E-state index is 0.330. The van der Waals surface area contributed by atoms with E-state index in [1.165, 1.54) is 13.2 Å². The van der Waals surface area contributed by atoms with Crippen molar-refractivity contribution in [3.05, 3.63) is 54.1 Å². The first kappa shape index (κ1) is 18.3. The van der Waals surface area contributed by atoms with Crippen molar-refractivity contribution in [2.75, 3.05) is 29.5 Å². The Morgan fingerprint density at radius 1 is 1.24 bits per heavy atom. The summed E-state index contributed by atoms with van der Waals surface area (Å²) in [4.78, 5) is 12.2. The van der Waals surface area contributed by atoms with Crippen LogP contribution in [-0.4, -0.2) is 34.2 Å². The van der Waals surface area contributed by atoms with Gasteiger partial charge in [0.05, 0.1) is 30.7 Å². The van der Waals surface area contributed by atoms with E-state index in [9.17, 15) is 13.2 Å². The summed E-state index contributed by atoms with van der Waals surface area (Å²) in [6.07, 6.45) is 1.03. The van der Waals surface area contributed by atoms with E-state index in [0.29, 0.717) is 22.7 Å². The van der Waals surface area contributed by atoms with E-state index < -0.39 is 15.9 Å². The van der Waals surface area contributed by atoms with E-state index >= 15 is 0 Å². The molecule has 0 aliphatic heterocycles. The van der Waals surface area contributed by atoms with Crippen LogP contribution in [0.2, 0.25) is 0 Å². The average molecular weight is 359 g/mol. The lowest BCUT2D eigenvalue weighted by Crippen LogP contribution is -2.37. The van der Waals surface area contributed by atoms with Gasteiger partial charge in [0.15, 0.2) is 0 Å². The lowest BCUT2D eigenvalue weighted by molar-refractivity contribution is -0.114. The summed E-state index contributed by atoms with van der Waals surface area (Å²) in [7, 11) is -2.19. The number of ether oxygens (including phenoxy) is 1. The van der Waals surface area contributed by atoms with Gasteiger partial charge in [0, 0.05) is 11.8 Å². The van der Waals surface area contributed by atoms with Gasteiger partial charge in [-0.3, -0.25) is 9.10 Å². The van der Waals surface area contributed by atoms with E-state index in [-0.39, 0.29) is 6.54 Å². The quantitative estimate of drug-likeness (QED) is 0.850. The van der Waals surface area contributed by atoms with Gasteiger partial charge in [-0.2, -0.15) is 5.26 Å². The monoisotopic (exact) mass is 359 g/mol. The smallest absolute Gasteiger partial charge is 0.245 e. The molecule has 2 aromatic carbocycles. The van der Waals surface area contributed by atoms with Crippen molar-refractivity contribution < 1.29 is 17.9 Å². The maximum absolute atomic E-state index is 12.2. The second kappa shape index (κ2) is 7.68. The molecule has 2 aromatic rings. The molecule has 0 fully saturated rings.